The highest BCUT2D eigenvalue weighted by Gasteiger charge is 2.18. The molecule has 4 N–H and O–H groups in total. The average molecular weight is 218 g/mol. The Bertz CT molecular complexity index is 330. The summed E-state index contributed by atoms with van der Waals surface area (Å²) < 4.78 is 5.00. The number of hydrogen-bond donors (Lipinski definition) is 3. The van der Waals surface area contributed by atoms with E-state index in [2.05, 4.69) is 0 Å². The molecule has 78 valence electrons. The Balaban J connectivity index is 3.29. The summed E-state index contributed by atoms with van der Waals surface area (Å²) in [7, 11) is 1.42. The van der Waals surface area contributed by atoms with Gasteiger partial charge in [-0.15, -0.1) is 0 Å². The summed E-state index contributed by atoms with van der Waals surface area (Å²) in [6.07, 6.45) is 0. The van der Waals surface area contributed by atoms with E-state index in [0.29, 0.717) is 16.3 Å². The van der Waals surface area contributed by atoms with Crippen LogP contribution in [0.4, 0.5) is 0 Å². The van der Waals surface area contributed by atoms with E-state index in [4.69, 9.17) is 27.2 Å². The van der Waals surface area contributed by atoms with Gasteiger partial charge < -0.3 is 20.7 Å². The fraction of sp³-hybridized carbons (Fsp3) is 0.333. The molecule has 0 radical (unpaired) electrons. The van der Waals surface area contributed by atoms with Crippen molar-refractivity contribution in [3.8, 4) is 11.5 Å². The second kappa shape index (κ2) is 4.50. The predicted octanol–water partition coefficient (Wildman–Crippen LogP) is 1.05. The highest BCUT2D eigenvalue weighted by molar-refractivity contribution is 6.32. The van der Waals surface area contributed by atoms with E-state index in [0.717, 1.165) is 0 Å². The molecule has 0 bridgehead atoms. The van der Waals surface area contributed by atoms with Gasteiger partial charge in [-0.1, -0.05) is 11.6 Å². The molecule has 0 amide bonds. The Morgan fingerprint density at radius 3 is 2.71 bits per heavy atom. The Labute approximate surface area is 86.9 Å². The molecule has 1 atom stereocenters. The van der Waals surface area contributed by atoms with E-state index in [-0.39, 0.29) is 12.4 Å². The zero-order valence-corrected chi connectivity index (χ0v) is 8.45. The molecule has 0 saturated carbocycles. The summed E-state index contributed by atoms with van der Waals surface area (Å²) in [4.78, 5) is 0. The molecule has 0 saturated heterocycles. The molecule has 5 heteroatoms. The van der Waals surface area contributed by atoms with Crippen molar-refractivity contribution >= 4 is 11.6 Å². The third-order valence-corrected chi connectivity index (χ3v) is 2.19. The summed E-state index contributed by atoms with van der Waals surface area (Å²) in [6.45, 7) is -0.287. The zero-order chi connectivity index (χ0) is 10.7. The summed E-state index contributed by atoms with van der Waals surface area (Å²) in [5, 5.41) is 18.8. The van der Waals surface area contributed by atoms with Crippen molar-refractivity contribution in [2.75, 3.05) is 13.7 Å². The number of phenolic OH excluding ortho intramolecular Hbond substituents is 1. The molecule has 0 heterocycles. The smallest absolute Gasteiger partial charge is 0.146 e. The minimum atomic E-state index is -0.705. The molecule has 1 rings (SSSR count). The zero-order valence-electron chi connectivity index (χ0n) is 7.70. The molecule has 1 aromatic rings. The number of ether oxygens (including phenoxy) is 1. The van der Waals surface area contributed by atoms with Crippen molar-refractivity contribution in [1.29, 1.82) is 0 Å². The van der Waals surface area contributed by atoms with Crippen LogP contribution in [0.3, 0.4) is 0 Å². The van der Waals surface area contributed by atoms with Crippen LogP contribution in [0.1, 0.15) is 11.6 Å². The number of methoxy groups -OCH3 is 1. The number of aliphatic hydroxyl groups is 1. The van der Waals surface area contributed by atoms with E-state index >= 15 is 0 Å². The van der Waals surface area contributed by atoms with Gasteiger partial charge in [-0.25, -0.2) is 0 Å². The summed E-state index contributed by atoms with van der Waals surface area (Å²) in [5.41, 5.74) is 5.91. The van der Waals surface area contributed by atoms with Crippen molar-refractivity contribution in [3.05, 3.63) is 22.7 Å². The molecule has 0 fully saturated rings. The fourth-order valence-corrected chi connectivity index (χ4v) is 1.46. The monoisotopic (exact) mass is 217 g/mol. The van der Waals surface area contributed by atoms with Gasteiger partial charge in [0.05, 0.1) is 30.3 Å². The van der Waals surface area contributed by atoms with E-state index in [1.165, 1.54) is 19.2 Å². The van der Waals surface area contributed by atoms with E-state index in [1.54, 1.807) is 0 Å². The number of aliphatic hydroxyl groups excluding tert-OH is 1. The summed E-state index contributed by atoms with van der Waals surface area (Å²) >= 11 is 5.83. The van der Waals surface area contributed by atoms with Gasteiger partial charge in [0, 0.05) is 0 Å². The highest BCUT2D eigenvalue weighted by Crippen LogP contribution is 2.37. The Kier molecular flexibility index (Phi) is 3.57. The fourth-order valence-electron chi connectivity index (χ4n) is 1.22. The standard InChI is InChI=1S/C9H12ClNO3/c1-14-9-5(10)2-3-7(13)8(9)6(11)4-12/h2-3,6,12-13H,4,11H2,1H3. The molecule has 1 unspecified atom stereocenters. The van der Waals surface area contributed by atoms with Crippen LogP contribution < -0.4 is 10.5 Å². The van der Waals surface area contributed by atoms with E-state index in [1.807, 2.05) is 0 Å². The molecule has 0 spiro atoms. The molecule has 0 aliphatic heterocycles. The van der Waals surface area contributed by atoms with Gasteiger partial charge in [0.1, 0.15) is 11.5 Å². The third kappa shape index (κ3) is 1.92. The van der Waals surface area contributed by atoms with Crippen molar-refractivity contribution in [2.24, 2.45) is 5.73 Å². The van der Waals surface area contributed by atoms with Gasteiger partial charge in [-0.3, -0.25) is 0 Å². The second-order valence-electron chi connectivity index (χ2n) is 2.80. The molecule has 0 aliphatic carbocycles. The molecule has 1 aromatic carbocycles. The van der Waals surface area contributed by atoms with Gasteiger partial charge in [-0.2, -0.15) is 0 Å². The lowest BCUT2D eigenvalue weighted by Crippen LogP contribution is -2.15. The van der Waals surface area contributed by atoms with E-state index in [9.17, 15) is 5.11 Å². The first-order valence-electron chi connectivity index (χ1n) is 4.03. The summed E-state index contributed by atoms with van der Waals surface area (Å²) in [6, 6.07) is 2.21. The third-order valence-electron chi connectivity index (χ3n) is 1.90. The number of aromatic hydroxyl groups is 1. The van der Waals surface area contributed by atoms with Gasteiger partial charge in [0.2, 0.25) is 0 Å². The minimum Gasteiger partial charge on any atom is -0.507 e. The lowest BCUT2D eigenvalue weighted by molar-refractivity contribution is 0.261. The quantitative estimate of drug-likeness (QED) is 0.707. The molecule has 14 heavy (non-hydrogen) atoms. The highest BCUT2D eigenvalue weighted by atomic mass is 35.5. The van der Waals surface area contributed by atoms with E-state index < -0.39 is 6.04 Å². The van der Waals surface area contributed by atoms with Crippen LogP contribution in [-0.2, 0) is 0 Å². The maximum absolute atomic E-state index is 9.52. The first-order valence-corrected chi connectivity index (χ1v) is 4.41. The minimum absolute atomic E-state index is 0.0344. The number of benzene rings is 1. The van der Waals surface area contributed by atoms with Crippen molar-refractivity contribution in [3.63, 3.8) is 0 Å². The topological polar surface area (TPSA) is 75.7 Å². The number of rotatable bonds is 3. The normalized spacial score (nSPS) is 12.6. The van der Waals surface area contributed by atoms with Crippen LogP contribution in [0.25, 0.3) is 0 Å². The van der Waals surface area contributed by atoms with Gasteiger partial charge >= 0.3 is 0 Å². The lowest BCUT2D eigenvalue weighted by Gasteiger charge is -2.16. The average Bonchev–Trinajstić information content (AvgIpc) is 2.19. The van der Waals surface area contributed by atoms with Gasteiger partial charge in [-0.05, 0) is 12.1 Å². The van der Waals surface area contributed by atoms with Crippen LogP contribution in [0.15, 0.2) is 12.1 Å². The lowest BCUT2D eigenvalue weighted by atomic mass is 10.1. The Hall–Kier alpha value is -0.970. The number of phenols is 1. The molecule has 0 aromatic heterocycles. The van der Waals surface area contributed by atoms with Gasteiger partial charge in [0.15, 0.2) is 0 Å². The van der Waals surface area contributed by atoms with Crippen LogP contribution >= 0.6 is 11.6 Å². The first-order chi connectivity index (χ1) is 6.61. The second-order valence-corrected chi connectivity index (χ2v) is 3.21. The molecular weight excluding hydrogens is 206 g/mol. The molecule has 4 nitrogen and oxygen atoms in total. The molecule has 0 aliphatic rings. The number of hydrogen-bond acceptors (Lipinski definition) is 4. The maximum atomic E-state index is 9.52. The largest absolute Gasteiger partial charge is 0.507 e. The number of halogens is 1. The first kappa shape index (κ1) is 11.1. The number of nitrogens with two attached hydrogens (primary N) is 1. The van der Waals surface area contributed by atoms with Crippen LogP contribution in [-0.4, -0.2) is 23.9 Å². The van der Waals surface area contributed by atoms with Crippen molar-refractivity contribution in [1.82, 2.24) is 0 Å². The van der Waals surface area contributed by atoms with Crippen molar-refractivity contribution in [2.45, 2.75) is 6.04 Å². The van der Waals surface area contributed by atoms with Crippen LogP contribution in [0.5, 0.6) is 11.5 Å². The molecular formula is C9H12ClNO3. The van der Waals surface area contributed by atoms with Crippen LogP contribution in [0, 0.1) is 0 Å². The van der Waals surface area contributed by atoms with Crippen LogP contribution in [0.2, 0.25) is 5.02 Å². The Morgan fingerprint density at radius 1 is 1.57 bits per heavy atom. The van der Waals surface area contributed by atoms with Gasteiger partial charge in [0.25, 0.3) is 0 Å². The predicted molar refractivity (Wildman–Crippen MR) is 53.7 cm³/mol. The SMILES string of the molecule is COc1c(Cl)ccc(O)c1C(N)CO. The maximum Gasteiger partial charge on any atom is 0.146 e. The Morgan fingerprint density at radius 2 is 2.21 bits per heavy atom. The van der Waals surface area contributed by atoms with Crippen molar-refractivity contribution < 1.29 is 14.9 Å². The summed E-state index contributed by atoms with van der Waals surface area (Å²) in [5.74, 6) is 0.265.